The van der Waals surface area contributed by atoms with Crippen LogP contribution in [0.1, 0.15) is 18.8 Å². The Hall–Kier alpha value is -1.51. The van der Waals surface area contributed by atoms with Crippen LogP contribution < -0.4 is 0 Å². The molecule has 0 aromatic heterocycles. The number of esters is 1. The van der Waals surface area contributed by atoms with E-state index in [9.17, 15) is 4.79 Å². The Labute approximate surface area is 154 Å². The monoisotopic (exact) mass is 368 g/mol. The fraction of sp³-hybridized carbons (Fsp3) is 0.632. The lowest BCUT2D eigenvalue weighted by molar-refractivity contribution is -0.236. The van der Waals surface area contributed by atoms with E-state index < -0.39 is 11.7 Å². The second-order valence-electron chi connectivity index (χ2n) is 6.28. The number of carbonyl (C=O) groups is 1. The molecule has 7 heteroatoms. The highest BCUT2D eigenvalue weighted by Gasteiger charge is 2.41. The first-order valence-corrected chi connectivity index (χ1v) is 8.75. The second-order valence-corrected chi connectivity index (χ2v) is 6.28. The average Bonchev–Trinajstić information content (AvgIpc) is 2.68. The standard InChI is InChI=1S/C19H28O7/c1-19(14-25-17(26-15-19)16-6-4-3-5-7-16)18(20)24-13-12-23-11-10-22-9-8-21-2/h3-7,17H,8-15H2,1-2H3. The zero-order valence-corrected chi connectivity index (χ0v) is 15.5. The zero-order valence-electron chi connectivity index (χ0n) is 15.5. The predicted octanol–water partition coefficient (Wildman–Crippen LogP) is 1.96. The van der Waals surface area contributed by atoms with E-state index in [1.165, 1.54) is 0 Å². The molecule has 1 aliphatic heterocycles. The van der Waals surface area contributed by atoms with Gasteiger partial charge in [0, 0.05) is 12.7 Å². The third-order valence-electron chi connectivity index (χ3n) is 3.94. The van der Waals surface area contributed by atoms with Crippen molar-refractivity contribution in [2.75, 3.05) is 60.0 Å². The van der Waals surface area contributed by atoms with E-state index in [1.807, 2.05) is 30.3 Å². The lowest BCUT2D eigenvalue weighted by atomic mass is 9.92. The summed E-state index contributed by atoms with van der Waals surface area (Å²) >= 11 is 0. The van der Waals surface area contributed by atoms with Crippen molar-refractivity contribution in [3.8, 4) is 0 Å². The molecule has 0 N–H and O–H groups in total. The van der Waals surface area contributed by atoms with Gasteiger partial charge in [-0.2, -0.15) is 0 Å². The van der Waals surface area contributed by atoms with Crippen LogP contribution in [0.2, 0.25) is 0 Å². The third kappa shape index (κ3) is 6.66. The number of hydrogen-bond donors (Lipinski definition) is 0. The van der Waals surface area contributed by atoms with Gasteiger partial charge in [0.05, 0.1) is 46.2 Å². The van der Waals surface area contributed by atoms with Crippen LogP contribution in [-0.2, 0) is 33.2 Å². The summed E-state index contributed by atoms with van der Waals surface area (Å²) in [5, 5.41) is 0. The Bertz CT molecular complexity index is 512. The molecule has 0 saturated carbocycles. The average molecular weight is 368 g/mol. The SMILES string of the molecule is COCCOCCOCCOC(=O)C1(C)COC(c2ccccc2)OC1. The lowest BCUT2D eigenvalue weighted by Crippen LogP contribution is -2.44. The topological polar surface area (TPSA) is 72.5 Å². The Balaban J connectivity index is 1.59. The predicted molar refractivity (Wildman–Crippen MR) is 93.7 cm³/mol. The van der Waals surface area contributed by atoms with E-state index in [-0.39, 0.29) is 25.8 Å². The highest BCUT2D eigenvalue weighted by Crippen LogP contribution is 2.32. The van der Waals surface area contributed by atoms with Crippen LogP contribution >= 0.6 is 0 Å². The Kier molecular flexibility index (Phi) is 9.00. The van der Waals surface area contributed by atoms with Crippen molar-refractivity contribution in [2.45, 2.75) is 13.2 Å². The maximum absolute atomic E-state index is 12.3. The molecule has 0 bridgehead atoms. The summed E-state index contributed by atoms with van der Waals surface area (Å²) in [6.07, 6.45) is -0.446. The summed E-state index contributed by atoms with van der Waals surface area (Å²) in [6, 6.07) is 9.64. The Morgan fingerprint density at radius 1 is 1.00 bits per heavy atom. The molecule has 0 atom stereocenters. The molecule has 0 amide bonds. The Morgan fingerprint density at radius 2 is 1.58 bits per heavy atom. The lowest BCUT2D eigenvalue weighted by Gasteiger charge is -2.35. The maximum Gasteiger partial charge on any atom is 0.316 e. The number of ether oxygens (including phenoxy) is 6. The van der Waals surface area contributed by atoms with Gasteiger partial charge in [-0.15, -0.1) is 0 Å². The molecule has 1 heterocycles. The molecule has 2 rings (SSSR count). The minimum Gasteiger partial charge on any atom is -0.463 e. The number of hydrogen-bond acceptors (Lipinski definition) is 7. The molecule has 146 valence electrons. The van der Waals surface area contributed by atoms with Crippen molar-refractivity contribution in [3.63, 3.8) is 0 Å². The molecule has 0 aliphatic carbocycles. The van der Waals surface area contributed by atoms with Crippen molar-refractivity contribution in [2.24, 2.45) is 5.41 Å². The van der Waals surface area contributed by atoms with Crippen molar-refractivity contribution in [1.29, 1.82) is 0 Å². The fourth-order valence-corrected chi connectivity index (χ4v) is 2.36. The highest BCUT2D eigenvalue weighted by atomic mass is 16.7. The van der Waals surface area contributed by atoms with Crippen LogP contribution in [0, 0.1) is 5.41 Å². The zero-order chi connectivity index (χ0) is 18.7. The molecule has 1 aromatic carbocycles. The van der Waals surface area contributed by atoms with Crippen molar-refractivity contribution in [1.82, 2.24) is 0 Å². The molecule has 1 aromatic rings. The van der Waals surface area contributed by atoms with Gasteiger partial charge in [-0.05, 0) is 6.92 Å². The molecular weight excluding hydrogens is 340 g/mol. The molecule has 0 radical (unpaired) electrons. The van der Waals surface area contributed by atoms with E-state index in [0.29, 0.717) is 33.0 Å². The van der Waals surface area contributed by atoms with Crippen molar-refractivity contribution in [3.05, 3.63) is 35.9 Å². The molecule has 0 unspecified atom stereocenters. The molecule has 26 heavy (non-hydrogen) atoms. The summed E-state index contributed by atoms with van der Waals surface area (Å²) in [5.41, 5.74) is 0.123. The molecular formula is C19H28O7. The van der Waals surface area contributed by atoms with Gasteiger partial charge in [0.15, 0.2) is 6.29 Å². The van der Waals surface area contributed by atoms with Gasteiger partial charge in [-0.3, -0.25) is 4.79 Å². The number of carbonyl (C=O) groups excluding carboxylic acids is 1. The minimum atomic E-state index is -0.811. The first-order chi connectivity index (χ1) is 12.7. The fourth-order valence-electron chi connectivity index (χ4n) is 2.36. The summed E-state index contributed by atoms with van der Waals surface area (Å²) < 4.78 is 32.2. The van der Waals surface area contributed by atoms with Gasteiger partial charge in [0.1, 0.15) is 12.0 Å². The van der Waals surface area contributed by atoms with Gasteiger partial charge in [0.25, 0.3) is 0 Å². The maximum atomic E-state index is 12.3. The minimum absolute atomic E-state index is 0.189. The Morgan fingerprint density at radius 3 is 2.19 bits per heavy atom. The van der Waals surface area contributed by atoms with Crippen LogP contribution in [0.4, 0.5) is 0 Å². The third-order valence-corrected chi connectivity index (χ3v) is 3.94. The molecule has 1 aliphatic rings. The summed E-state index contributed by atoms with van der Waals surface area (Å²) in [5.74, 6) is -0.344. The van der Waals surface area contributed by atoms with Gasteiger partial charge in [-0.1, -0.05) is 30.3 Å². The molecule has 1 saturated heterocycles. The van der Waals surface area contributed by atoms with Gasteiger partial charge < -0.3 is 28.4 Å². The van der Waals surface area contributed by atoms with E-state index in [1.54, 1.807) is 14.0 Å². The second kappa shape index (κ2) is 11.3. The van der Waals surface area contributed by atoms with E-state index in [2.05, 4.69) is 0 Å². The summed E-state index contributed by atoms with van der Waals surface area (Å²) in [7, 11) is 1.62. The van der Waals surface area contributed by atoms with Crippen LogP contribution in [0.25, 0.3) is 0 Å². The van der Waals surface area contributed by atoms with Gasteiger partial charge in [0.2, 0.25) is 0 Å². The van der Waals surface area contributed by atoms with E-state index in [0.717, 1.165) is 5.56 Å². The number of rotatable bonds is 11. The van der Waals surface area contributed by atoms with Crippen molar-refractivity contribution < 1.29 is 33.2 Å². The summed E-state index contributed by atoms with van der Waals surface area (Å²) in [6.45, 7) is 4.82. The van der Waals surface area contributed by atoms with Crippen LogP contribution in [0.5, 0.6) is 0 Å². The molecule has 0 spiro atoms. The first kappa shape index (κ1) is 20.8. The van der Waals surface area contributed by atoms with Crippen LogP contribution in [0.3, 0.4) is 0 Å². The molecule has 7 nitrogen and oxygen atoms in total. The normalized spacial score (nSPS) is 22.9. The van der Waals surface area contributed by atoms with Gasteiger partial charge in [-0.25, -0.2) is 0 Å². The quantitative estimate of drug-likeness (QED) is 0.437. The van der Waals surface area contributed by atoms with E-state index >= 15 is 0 Å². The highest BCUT2D eigenvalue weighted by molar-refractivity contribution is 5.76. The largest absolute Gasteiger partial charge is 0.463 e. The smallest absolute Gasteiger partial charge is 0.316 e. The number of methoxy groups -OCH3 is 1. The van der Waals surface area contributed by atoms with Crippen molar-refractivity contribution >= 4 is 5.97 Å². The summed E-state index contributed by atoms with van der Waals surface area (Å²) in [4.78, 5) is 12.3. The first-order valence-electron chi connectivity index (χ1n) is 8.75. The van der Waals surface area contributed by atoms with E-state index in [4.69, 9.17) is 28.4 Å². The number of benzene rings is 1. The molecule has 1 fully saturated rings. The van der Waals surface area contributed by atoms with Gasteiger partial charge >= 0.3 is 5.97 Å². The van der Waals surface area contributed by atoms with Crippen LogP contribution in [0.15, 0.2) is 30.3 Å². The van der Waals surface area contributed by atoms with Crippen LogP contribution in [-0.4, -0.2) is 65.9 Å².